The molecule has 3 heteroatoms. The van der Waals surface area contributed by atoms with E-state index in [0.717, 1.165) is 18.3 Å². The zero-order valence-electron chi connectivity index (χ0n) is 12.2. The highest BCUT2D eigenvalue weighted by Gasteiger charge is 2.19. The summed E-state index contributed by atoms with van der Waals surface area (Å²) in [6.45, 7) is 8.30. The molecule has 0 aliphatic heterocycles. The maximum absolute atomic E-state index is 5.71. The van der Waals surface area contributed by atoms with Gasteiger partial charge in [0.05, 0.1) is 12.2 Å². The first-order valence-electron chi connectivity index (χ1n) is 7.12. The van der Waals surface area contributed by atoms with Crippen molar-refractivity contribution in [1.82, 2.24) is 5.32 Å². The average Bonchev–Trinajstić information content (AvgIpc) is 3.16. The van der Waals surface area contributed by atoms with E-state index >= 15 is 0 Å². The maximum Gasteiger partial charge on any atom is 0.119 e. The van der Waals surface area contributed by atoms with Crippen LogP contribution >= 0.6 is 0 Å². The summed E-state index contributed by atoms with van der Waals surface area (Å²) < 4.78 is 11.3. The smallest absolute Gasteiger partial charge is 0.119 e. The molecule has 1 aliphatic rings. The standard InChI is InChI=1S/C16H25NO2/c1-16(2,3)19-10-9-18-15-6-4-5-13(11-15)12-17-14-7-8-14/h4-6,11,14,17H,7-10,12H2,1-3H3. The fourth-order valence-corrected chi connectivity index (χ4v) is 1.80. The summed E-state index contributed by atoms with van der Waals surface area (Å²) >= 11 is 0. The molecule has 1 aromatic rings. The average molecular weight is 263 g/mol. The summed E-state index contributed by atoms with van der Waals surface area (Å²) in [5.74, 6) is 0.924. The van der Waals surface area contributed by atoms with Crippen LogP contribution < -0.4 is 10.1 Å². The molecular weight excluding hydrogens is 238 g/mol. The highest BCUT2D eigenvalue weighted by atomic mass is 16.5. The summed E-state index contributed by atoms with van der Waals surface area (Å²) in [5.41, 5.74) is 1.18. The van der Waals surface area contributed by atoms with Gasteiger partial charge in [0.2, 0.25) is 0 Å². The van der Waals surface area contributed by atoms with Gasteiger partial charge in [-0.2, -0.15) is 0 Å². The fourth-order valence-electron chi connectivity index (χ4n) is 1.80. The van der Waals surface area contributed by atoms with Gasteiger partial charge >= 0.3 is 0 Å². The zero-order chi connectivity index (χ0) is 13.7. The molecule has 0 spiro atoms. The van der Waals surface area contributed by atoms with Gasteiger partial charge in [-0.3, -0.25) is 0 Å². The molecule has 0 radical (unpaired) electrons. The van der Waals surface area contributed by atoms with Crippen molar-refractivity contribution in [3.05, 3.63) is 29.8 Å². The highest BCUT2D eigenvalue weighted by Crippen LogP contribution is 2.20. The van der Waals surface area contributed by atoms with E-state index in [9.17, 15) is 0 Å². The first kappa shape index (κ1) is 14.4. The van der Waals surface area contributed by atoms with Crippen LogP contribution in [0.2, 0.25) is 0 Å². The maximum atomic E-state index is 5.71. The van der Waals surface area contributed by atoms with E-state index in [4.69, 9.17) is 9.47 Å². The Morgan fingerprint density at radius 1 is 1.21 bits per heavy atom. The second-order valence-electron chi connectivity index (χ2n) is 6.11. The number of nitrogens with one attached hydrogen (secondary N) is 1. The normalized spacial score (nSPS) is 15.5. The molecule has 1 saturated carbocycles. The Morgan fingerprint density at radius 3 is 2.68 bits per heavy atom. The van der Waals surface area contributed by atoms with Gasteiger partial charge in [0, 0.05) is 12.6 Å². The first-order chi connectivity index (χ1) is 9.03. The summed E-state index contributed by atoms with van der Waals surface area (Å²) in [6.07, 6.45) is 2.64. The van der Waals surface area contributed by atoms with Gasteiger partial charge in [-0.1, -0.05) is 12.1 Å². The number of hydrogen-bond donors (Lipinski definition) is 1. The van der Waals surface area contributed by atoms with Crippen molar-refractivity contribution >= 4 is 0 Å². The quantitative estimate of drug-likeness (QED) is 0.767. The van der Waals surface area contributed by atoms with E-state index in [0.29, 0.717) is 13.2 Å². The van der Waals surface area contributed by atoms with Crippen LogP contribution in [-0.4, -0.2) is 24.9 Å². The Kier molecular flexibility index (Phi) is 4.83. The molecule has 1 N–H and O–H groups in total. The first-order valence-corrected chi connectivity index (χ1v) is 7.12. The van der Waals surface area contributed by atoms with Crippen LogP contribution in [0.25, 0.3) is 0 Å². The monoisotopic (exact) mass is 263 g/mol. The van der Waals surface area contributed by atoms with Crippen molar-refractivity contribution in [1.29, 1.82) is 0 Å². The van der Waals surface area contributed by atoms with Crippen molar-refractivity contribution in [2.75, 3.05) is 13.2 Å². The summed E-state index contributed by atoms with van der Waals surface area (Å²) in [7, 11) is 0. The minimum absolute atomic E-state index is 0.0978. The second kappa shape index (κ2) is 6.40. The number of rotatable bonds is 7. The van der Waals surface area contributed by atoms with Crippen LogP contribution in [0, 0.1) is 0 Å². The SMILES string of the molecule is CC(C)(C)OCCOc1cccc(CNC2CC2)c1. The minimum Gasteiger partial charge on any atom is -0.491 e. The lowest BCUT2D eigenvalue weighted by molar-refractivity contribution is -0.0163. The molecule has 106 valence electrons. The van der Waals surface area contributed by atoms with Gasteiger partial charge in [0.25, 0.3) is 0 Å². The Bertz CT molecular complexity index is 394. The summed E-state index contributed by atoms with van der Waals surface area (Å²) in [5, 5.41) is 3.51. The number of hydrogen-bond acceptors (Lipinski definition) is 3. The van der Waals surface area contributed by atoms with E-state index in [1.165, 1.54) is 18.4 Å². The summed E-state index contributed by atoms with van der Waals surface area (Å²) in [6, 6.07) is 9.02. The van der Waals surface area contributed by atoms with Gasteiger partial charge in [0.15, 0.2) is 0 Å². The molecule has 19 heavy (non-hydrogen) atoms. The third kappa shape index (κ3) is 6.08. The van der Waals surface area contributed by atoms with Crippen molar-refractivity contribution < 1.29 is 9.47 Å². The lowest BCUT2D eigenvalue weighted by atomic mass is 10.2. The fraction of sp³-hybridized carbons (Fsp3) is 0.625. The van der Waals surface area contributed by atoms with Crippen molar-refractivity contribution in [2.24, 2.45) is 0 Å². The second-order valence-corrected chi connectivity index (χ2v) is 6.11. The Hall–Kier alpha value is -1.06. The third-order valence-corrected chi connectivity index (χ3v) is 2.96. The molecule has 1 aromatic carbocycles. The third-order valence-electron chi connectivity index (χ3n) is 2.96. The Labute approximate surface area is 116 Å². The van der Waals surface area contributed by atoms with Gasteiger partial charge in [0.1, 0.15) is 12.4 Å². The van der Waals surface area contributed by atoms with Crippen LogP contribution in [0.5, 0.6) is 5.75 Å². The Morgan fingerprint density at radius 2 is 2.00 bits per heavy atom. The molecule has 2 rings (SSSR count). The lowest BCUT2D eigenvalue weighted by Crippen LogP contribution is -2.22. The molecule has 0 saturated heterocycles. The van der Waals surface area contributed by atoms with Crippen molar-refractivity contribution in [2.45, 2.75) is 51.8 Å². The van der Waals surface area contributed by atoms with Crippen LogP contribution in [0.15, 0.2) is 24.3 Å². The largest absolute Gasteiger partial charge is 0.491 e. The molecule has 0 bridgehead atoms. The van der Waals surface area contributed by atoms with Gasteiger partial charge in [-0.05, 0) is 51.3 Å². The van der Waals surface area contributed by atoms with E-state index < -0.39 is 0 Å². The van der Waals surface area contributed by atoms with Gasteiger partial charge in [-0.15, -0.1) is 0 Å². The number of ether oxygens (including phenoxy) is 2. The molecule has 0 heterocycles. The number of benzene rings is 1. The zero-order valence-corrected chi connectivity index (χ0v) is 12.2. The Balaban J connectivity index is 1.71. The van der Waals surface area contributed by atoms with Crippen LogP contribution in [0.3, 0.4) is 0 Å². The van der Waals surface area contributed by atoms with Crippen LogP contribution in [-0.2, 0) is 11.3 Å². The minimum atomic E-state index is -0.0978. The predicted octanol–water partition coefficient (Wildman–Crippen LogP) is 3.13. The highest BCUT2D eigenvalue weighted by molar-refractivity contribution is 5.28. The molecule has 0 aromatic heterocycles. The predicted molar refractivity (Wildman–Crippen MR) is 77.5 cm³/mol. The summed E-state index contributed by atoms with van der Waals surface area (Å²) in [4.78, 5) is 0. The molecule has 3 nitrogen and oxygen atoms in total. The van der Waals surface area contributed by atoms with Crippen LogP contribution in [0.4, 0.5) is 0 Å². The van der Waals surface area contributed by atoms with Gasteiger partial charge in [-0.25, -0.2) is 0 Å². The molecule has 1 fully saturated rings. The molecular formula is C16H25NO2. The van der Waals surface area contributed by atoms with Crippen molar-refractivity contribution in [3.63, 3.8) is 0 Å². The molecule has 1 aliphatic carbocycles. The van der Waals surface area contributed by atoms with E-state index in [1.807, 2.05) is 12.1 Å². The topological polar surface area (TPSA) is 30.5 Å². The van der Waals surface area contributed by atoms with Crippen molar-refractivity contribution in [3.8, 4) is 5.75 Å². The molecule has 0 unspecified atom stereocenters. The van der Waals surface area contributed by atoms with Gasteiger partial charge < -0.3 is 14.8 Å². The van der Waals surface area contributed by atoms with Crippen LogP contribution in [0.1, 0.15) is 39.2 Å². The lowest BCUT2D eigenvalue weighted by Gasteiger charge is -2.19. The molecule has 0 atom stereocenters. The van der Waals surface area contributed by atoms with E-state index in [2.05, 4.69) is 38.2 Å². The van der Waals surface area contributed by atoms with E-state index in [1.54, 1.807) is 0 Å². The van der Waals surface area contributed by atoms with E-state index in [-0.39, 0.29) is 5.60 Å². The molecule has 0 amide bonds.